The molecule has 1 fully saturated rings. The lowest BCUT2D eigenvalue weighted by Gasteiger charge is -2.16. The minimum Gasteiger partial charge on any atom is -0.508 e. The van der Waals surface area contributed by atoms with E-state index in [1.165, 1.54) is 29.1 Å². The number of hydrogen-bond acceptors (Lipinski definition) is 9. The Morgan fingerprint density at radius 1 is 1.30 bits per heavy atom. The zero-order chi connectivity index (χ0) is 19.2. The highest BCUT2D eigenvalue weighted by Gasteiger charge is 2.31. The fourth-order valence-corrected chi connectivity index (χ4v) is 4.14. The minimum absolute atomic E-state index is 0.0242. The number of hydrogen-bond donors (Lipinski definition) is 2. The first-order valence-corrected chi connectivity index (χ1v) is 10.3. The van der Waals surface area contributed by atoms with Gasteiger partial charge >= 0.3 is 0 Å². The third-order valence-corrected chi connectivity index (χ3v) is 6.27. The van der Waals surface area contributed by atoms with Crippen LogP contribution in [-0.2, 0) is 16.4 Å². The van der Waals surface area contributed by atoms with Gasteiger partial charge in [0.15, 0.2) is 15.5 Å². The van der Waals surface area contributed by atoms with Crippen LogP contribution in [0.3, 0.4) is 0 Å². The molecule has 1 atom stereocenters. The summed E-state index contributed by atoms with van der Waals surface area (Å²) in [6, 6.07) is 4.23. The van der Waals surface area contributed by atoms with Gasteiger partial charge < -0.3 is 15.1 Å². The largest absolute Gasteiger partial charge is 0.508 e. The molecule has 1 aliphatic heterocycles. The topological polar surface area (TPSA) is 134 Å². The highest BCUT2D eigenvalue weighted by atomic mass is 32.2. The van der Waals surface area contributed by atoms with E-state index < -0.39 is 15.1 Å². The van der Waals surface area contributed by atoms with Crippen molar-refractivity contribution in [2.75, 3.05) is 24.2 Å². The summed E-state index contributed by atoms with van der Waals surface area (Å²) in [4.78, 5) is 10.7. The smallest absolute Gasteiger partial charge is 0.221 e. The van der Waals surface area contributed by atoms with Crippen LogP contribution in [0.15, 0.2) is 24.4 Å². The van der Waals surface area contributed by atoms with Gasteiger partial charge in [0.25, 0.3) is 0 Å². The molecule has 0 saturated carbocycles. The highest BCUT2D eigenvalue weighted by molar-refractivity contribution is 7.91. The van der Waals surface area contributed by atoms with Crippen molar-refractivity contribution in [3.8, 4) is 11.5 Å². The maximum absolute atomic E-state index is 11.8. The van der Waals surface area contributed by atoms with Gasteiger partial charge in [-0.25, -0.2) is 23.1 Å². The molecule has 1 aliphatic rings. The molecular weight excluding hydrogens is 372 g/mol. The molecule has 2 N–H and O–H groups in total. The number of aromatic hydroxyl groups is 2. The highest BCUT2D eigenvalue weighted by Crippen LogP contribution is 2.25. The summed E-state index contributed by atoms with van der Waals surface area (Å²) >= 11 is 0. The zero-order valence-corrected chi connectivity index (χ0v) is 15.3. The van der Waals surface area contributed by atoms with Gasteiger partial charge in [-0.2, -0.15) is 0 Å². The number of phenols is 2. The van der Waals surface area contributed by atoms with Crippen molar-refractivity contribution in [3.05, 3.63) is 30.0 Å². The van der Waals surface area contributed by atoms with Gasteiger partial charge in [0.1, 0.15) is 17.3 Å². The van der Waals surface area contributed by atoms with E-state index in [4.69, 9.17) is 0 Å². The van der Waals surface area contributed by atoms with Crippen LogP contribution < -0.4 is 4.90 Å². The zero-order valence-electron chi connectivity index (χ0n) is 14.5. The molecule has 1 aromatic carbocycles. The number of rotatable bonds is 4. The fraction of sp³-hybridized carbons (Fsp3) is 0.375. The molecule has 3 heterocycles. The lowest BCUT2D eigenvalue weighted by Crippen LogP contribution is -2.26. The summed E-state index contributed by atoms with van der Waals surface area (Å²) in [6.45, 7) is 1.10. The number of sulfone groups is 1. The van der Waals surface area contributed by atoms with Gasteiger partial charge in [-0.05, 0) is 24.6 Å². The van der Waals surface area contributed by atoms with Crippen molar-refractivity contribution in [2.24, 2.45) is 0 Å². The quantitative estimate of drug-likeness (QED) is 0.603. The Kier molecular flexibility index (Phi) is 4.10. The monoisotopic (exact) mass is 390 g/mol. The molecule has 1 saturated heterocycles. The van der Waals surface area contributed by atoms with Crippen molar-refractivity contribution in [1.82, 2.24) is 25.0 Å². The average Bonchev–Trinajstić information content (AvgIpc) is 3.25. The van der Waals surface area contributed by atoms with Crippen LogP contribution in [0.25, 0.3) is 11.3 Å². The molecule has 0 amide bonds. The van der Waals surface area contributed by atoms with E-state index in [0.29, 0.717) is 42.2 Å². The second-order valence-corrected chi connectivity index (χ2v) is 8.95. The molecular formula is C16H18N6O4S. The molecule has 2 aromatic heterocycles. The molecule has 10 nitrogen and oxygen atoms in total. The summed E-state index contributed by atoms with van der Waals surface area (Å²) in [6.07, 6.45) is 3.35. The van der Waals surface area contributed by atoms with Gasteiger partial charge in [0.2, 0.25) is 5.65 Å². The predicted octanol–water partition coefficient (Wildman–Crippen LogP) is 0.304. The van der Waals surface area contributed by atoms with E-state index in [9.17, 15) is 18.6 Å². The maximum atomic E-state index is 11.8. The Balaban J connectivity index is 1.65. The second-order valence-electron chi connectivity index (χ2n) is 6.62. The Morgan fingerprint density at radius 3 is 2.85 bits per heavy atom. The number of anilines is 1. The first-order chi connectivity index (χ1) is 12.8. The third kappa shape index (κ3) is 3.37. The molecule has 0 bridgehead atoms. The molecule has 0 spiro atoms. The lowest BCUT2D eigenvalue weighted by atomic mass is 10.2. The van der Waals surface area contributed by atoms with Gasteiger partial charge in [-0.3, -0.25) is 0 Å². The van der Waals surface area contributed by atoms with Crippen LogP contribution in [-0.4, -0.2) is 68.2 Å². The maximum Gasteiger partial charge on any atom is 0.221 e. The molecule has 11 heteroatoms. The van der Waals surface area contributed by atoms with E-state index in [1.807, 2.05) is 4.90 Å². The van der Waals surface area contributed by atoms with Crippen molar-refractivity contribution in [3.63, 3.8) is 0 Å². The second kappa shape index (κ2) is 6.34. The summed E-state index contributed by atoms with van der Waals surface area (Å²) in [7, 11) is -3.10. The summed E-state index contributed by atoms with van der Waals surface area (Å²) in [5.74, 6) is 0.608. The minimum atomic E-state index is -3.10. The van der Waals surface area contributed by atoms with E-state index >= 15 is 0 Å². The van der Waals surface area contributed by atoms with Crippen molar-refractivity contribution in [1.29, 1.82) is 0 Å². The van der Waals surface area contributed by atoms with Crippen molar-refractivity contribution < 1.29 is 18.6 Å². The molecule has 3 aromatic rings. The van der Waals surface area contributed by atoms with Gasteiger partial charge in [-0.15, -0.1) is 5.10 Å². The number of benzene rings is 1. The van der Waals surface area contributed by atoms with Crippen LogP contribution in [0.1, 0.15) is 12.0 Å². The van der Waals surface area contributed by atoms with Gasteiger partial charge in [0.05, 0.1) is 18.0 Å². The Labute approximate surface area is 155 Å². The van der Waals surface area contributed by atoms with Crippen LogP contribution in [0.4, 0.5) is 5.82 Å². The molecule has 142 valence electrons. The van der Waals surface area contributed by atoms with E-state index in [2.05, 4.69) is 20.3 Å². The van der Waals surface area contributed by atoms with Gasteiger partial charge in [-0.1, -0.05) is 5.21 Å². The Bertz CT molecular complexity index is 1110. The molecule has 0 aliphatic carbocycles. The first kappa shape index (κ1) is 17.5. The van der Waals surface area contributed by atoms with Crippen molar-refractivity contribution in [2.45, 2.75) is 18.2 Å². The molecule has 27 heavy (non-hydrogen) atoms. The number of nitrogens with zero attached hydrogens (tertiary/aromatic N) is 6. The summed E-state index contributed by atoms with van der Waals surface area (Å²) < 4.78 is 25.0. The lowest BCUT2D eigenvalue weighted by molar-refractivity contribution is 0.450. The van der Waals surface area contributed by atoms with Crippen LogP contribution >= 0.6 is 0 Å². The summed E-state index contributed by atoms with van der Waals surface area (Å²) in [5.41, 5.74) is 1.22. The standard InChI is InChI=1S/C16H18N6O4S/c1-27(25,26)12-4-5-21(9-12)14-7-17-15-16(18-14)22(20-19-15)8-10-6-11(23)2-3-13(10)24/h2-3,6-7,12,23-24H,4-5,8-9H2,1H3. The van der Waals surface area contributed by atoms with E-state index in [-0.39, 0.29) is 18.0 Å². The number of phenolic OH excluding ortho intramolecular Hbond substituents is 2. The Hall–Kier alpha value is -2.95. The third-order valence-electron chi connectivity index (χ3n) is 4.67. The van der Waals surface area contributed by atoms with Gasteiger partial charge in [0, 0.05) is 24.9 Å². The molecule has 0 radical (unpaired) electrons. The van der Waals surface area contributed by atoms with E-state index in [0.717, 1.165) is 0 Å². The Morgan fingerprint density at radius 2 is 2.11 bits per heavy atom. The van der Waals surface area contributed by atoms with Crippen molar-refractivity contribution >= 4 is 26.9 Å². The molecule has 1 unspecified atom stereocenters. The van der Waals surface area contributed by atoms with Crippen LogP contribution in [0, 0.1) is 0 Å². The normalized spacial score (nSPS) is 17.7. The summed E-state index contributed by atoms with van der Waals surface area (Å²) in [5, 5.41) is 27.2. The molecule has 4 rings (SSSR count). The number of aromatic nitrogens is 5. The number of fused-ring (bicyclic) bond motifs is 1. The predicted molar refractivity (Wildman–Crippen MR) is 97.5 cm³/mol. The van der Waals surface area contributed by atoms with Crippen LogP contribution in [0.5, 0.6) is 11.5 Å². The average molecular weight is 390 g/mol. The van der Waals surface area contributed by atoms with Crippen LogP contribution in [0.2, 0.25) is 0 Å². The fourth-order valence-electron chi connectivity index (χ4n) is 3.15. The first-order valence-electron chi connectivity index (χ1n) is 8.32. The SMILES string of the molecule is CS(=O)(=O)C1CCN(c2cnc3nnn(Cc4cc(O)ccc4O)c3n2)C1. The van der Waals surface area contributed by atoms with E-state index in [1.54, 1.807) is 6.20 Å².